The van der Waals surface area contributed by atoms with Crippen LogP contribution in [0, 0.1) is 0 Å². The van der Waals surface area contributed by atoms with Gasteiger partial charge in [0.25, 0.3) is 0 Å². The molecule has 0 atom stereocenters. The molecular weight excluding hydrogens is 566 g/mol. The van der Waals surface area contributed by atoms with Crippen molar-refractivity contribution < 1.29 is 23.6 Å². The monoisotopic (exact) mass is 601 g/mol. The summed E-state index contributed by atoms with van der Waals surface area (Å²) in [5, 5.41) is 10.0. The number of likely N-dealkylation sites (tertiary alicyclic amines) is 1. The average Bonchev–Trinajstić information content (AvgIpc) is 3.94. The second-order valence-electron chi connectivity index (χ2n) is 12.8. The SMILES string of the molecule is CC(C)(C)OC(=O)COC(=O)N1CCC(c2cnc(-c3c(-c4nn(C5CC5)c5ncnc(N)c45)noc3C3CC3)nc2)CC1. The van der Waals surface area contributed by atoms with Crippen LogP contribution in [0.5, 0.6) is 0 Å². The van der Waals surface area contributed by atoms with Gasteiger partial charge in [0, 0.05) is 31.4 Å². The first kappa shape index (κ1) is 28.2. The summed E-state index contributed by atoms with van der Waals surface area (Å²) in [5.74, 6) is 1.49. The number of aromatic nitrogens is 7. The van der Waals surface area contributed by atoms with Gasteiger partial charge in [0.15, 0.2) is 23.8 Å². The lowest BCUT2D eigenvalue weighted by atomic mass is 9.91. The van der Waals surface area contributed by atoms with Crippen LogP contribution in [0.1, 0.15) is 88.5 Å². The third-order valence-corrected chi connectivity index (χ3v) is 8.16. The van der Waals surface area contributed by atoms with E-state index in [4.69, 9.17) is 34.8 Å². The molecule has 44 heavy (non-hydrogen) atoms. The fourth-order valence-electron chi connectivity index (χ4n) is 5.70. The minimum Gasteiger partial charge on any atom is -0.457 e. The van der Waals surface area contributed by atoms with E-state index < -0.39 is 24.3 Å². The van der Waals surface area contributed by atoms with E-state index in [9.17, 15) is 9.59 Å². The van der Waals surface area contributed by atoms with Crippen LogP contribution in [0.3, 0.4) is 0 Å². The number of amides is 1. The molecule has 0 bridgehead atoms. The third kappa shape index (κ3) is 5.55. The van der Waals surface area contributed by atoms with Gasteiger partial charge >= 0.3 is 12.1 Å². The number of carbonyl (C=O) groups excluding carboxylic acids is 2. The molecule has 2 N–H and O–H groups in total. The number of rotatable bonds is 7. The van der Waals surface area contributed by atoms with E-state index in [0.717, 1.165) is 55.4 Å². The van der Waals surface area contributed by atoms with Gasteiger partial charge < -0.3 is 24.6 Å². The van der Waals surface area contributed by atoms with Crippen molar-refractivity contribution in [2.24, 2.45) is 0 Å². The van der Waals surface area contributed by atoms with E-state index in [1.54, 1.807) is 25.7 Å². The van der Waals surface area contributed by atoms with Crippen LogP contribution in [0.2, 0.25) is 0 Å². The van der Waals surface area contributed by atoms with Crippen molar-refractivity contribution in [3.05, 3.63) is 30.0 Å². The van der Waals surface area contributed by atoms with Crippen LogP contribution in [-0.2, 0) is 14.3 Å². The fraction of sp³-hybridized carbons (Fsp3) is 0.533. The zero-order chi connectivity index (χ0) is 30.6. The normalized spacial score (nSPS) is 17.7. The van der Waals surface area contributed by atoms with E-state index in [2.05, 4.69) is 15.1 Å². The molecule has 3 fully saturated rings. The van der Waals surface area contributed by atoms with Gasteiger partial charge in [-0.2, -0.15) is 5.10 Å². The summed E-state index contributed by atoms with van der Waals surface area (Å²) in [7, 11) is 0. The lowest BCUT2D eigenvalue weighted by Gasteiger charge is -2.31. The topological polar surface area (TPSA) is 177 Å². The molecule has 2 aliphatic carbocycles. The Morgan fingerprint density at radius 3 is 2.36 bits per heavy atom. The first-order valence-corrected chi connectivity index (χ1v) is 15.1. The Kier molecular flexibility index (Phi) is 6.93. The number of nitrogen functional groups attached to an aromatic ring is 1. The quantitative estimate of drug-likeness (QED) is 0.296. The molecule has 0 unspecified atom stereocenters. The number of anilines is 1. The molecule has 7 rings (SSSR count). The van der Waals surface area contributed by atoms with Crippen LogP contribution >= 0.6 is 0 Å². The van der Waals surface area contributed by atoms with Crippen molar-refractivity contribution in [2.75, 3.05) is 25.4 Å². The Hall–Kier alpha value is -4.62. The predicted molar refractivity (Wildman–Crippen MR) is 157 cm³/mol. The molecule has 0 radical (unpaired) electrons. The molecule has 2 saturated carbocycles. The number of fused-ring (bicyclic) bond motifs is 1. The van der Waals surface area contributed by atoms with E-state index in [1.165, 1.54) is 6.33 Å². The molecule has 0 aromatic carbocycles. The molecule has 4 aromatic heterocycles. The van der Waals surface area contributed by atoms with Crippen LogP contribution in [0.25, 0.3) is 33.8 Å². The maximum absolute atomic E-state index is 12.5. The molecule has 14 nitrogen and oxygen atoms in total. The van der Waals surface area contributed by atoms with Gasteiger partial charge in [-0.3, -0.25) is 0 Å². The lowest BCUT2D eigenvalue weighted by Crippen LogP contribution is -2.39. The highest BCUT2D eigenvalue weighted by Crippen LogP contribution is 2.48. The first-order chi connectivity index (χ1) is 21.2. The minimum absolute atomic E-state index is 0.180. The van der Waals surface area contributed by atoms with Gasteiger partial charge in [0.2, 0.25) is 0 Å². The number of piperidine rings is 1. The number of nitrogens with zero attached hydrogens (tertiary/aromatic N) is 8. The molecule has 4 aromatic rings. The van der Waals surface area contributed by atoms with Gasteiger partial charge in [-0.05, 0) is 70.8 Å². The smallest absolute Gasteiger partial charge is 0.410 e. The molecule has 5 heterocycles. The predicted octanol–water partition coefficient (Wildman–Crippen LogP) is 4.39. The number of carbonyl (C=O) groups is 2. The Bertz CT molecular complexity index is 1710. The first-order valence-electron chi connectivity index (χ1n) is 15.1. The Morgan fingerprint density at radius 1 is 0.977 bits per heavy atom. The highest BCUT2D eigenvalue weighted by Gasteiger charge is 2.37. The maximum atomic E-state index is 12.5. The van der Waals surface area contributed by atoms with Crippen molar-refractivity contribution >= 4 is 28.9 Å². The van der Waals surface area contributed by atoms with E-state index >= 15 is 0 Å². The van der Waals surface area contributed by atoms with Gasteiger partial charge in [-0.1, -0.05) is 5.16 Å². The average molecular weight is 602 g/mol. The summed E-state index contributed by atoms with van der Waals surface area (Å²) < 4.78 is 18.2. The zero-order valence-electron chi connectivity index (χ0n) is 25.0. The standard InChI is InChI=1S/C30H35N9O5/c1-30(2,3)43-20(40)14-42-29(41)38-10-8-16(9-11-38)18-12-32-27(33-13-18)21-24(37-44-25(21)17-4-5-17)23-22-26(31)34-15-35-28(22)39(36-23)19-6-7-19/h12-13,15-17,19H,4-11,14H2,1-3H3,(H2,31,34,35). The van der Waals surface area contributed by atoms with Crippen molar-refractivity contribution in [3.8, 4) is 22.8 Å². The van der Waals surface area contributed by atoms with Crippen molar-refractivity contribution in [1.82, 2.24) is 39.8 Å². The zero-order valence-corrected chi connectivity index (χ0v) is 25.0. The highest BCUT2D eigenvalue weighted by molar-refractivity contribution is 6.00. The number of hydrogen-bond donors (Lipinski definition) is 1. The van der Waals surface area contributed by atoms with Gasteiger partial charge in [-0.15, -0.1) is 0 Å². The molecule has 3 aliphatic rings. The van der Waals surface area contributed by atoms with E-state index in [1.807, 2.05) is 17.1 Å². The second-order valence-corrected chi connectivity index (χ2v) is 12.8. The van der Waals surface area contributed by atoms with Crippen molar-refractivity contribution in [2.45, 2.75) is 82.8 Å². The second kappa shape index (κ2) is 10.8. The van der Waals surface area contributed by atoms with Crippen LogP contribution < -0.4 is 5.73 Å². The molecule has 1 amide bonds. The summed E-state index contributed by atoms with van der Waals surface area (Å²) in [6.45, 7) is 5.89. The van der Waals surface area contributed by atoms with Crippen LogP contribution in [0.4, 0.5) is 10.6 Å². The van der Waals surface area contributed by atoms with Crippen LogP contribution in [-0.4, -0.2) is 77.1 Å². The van der Waals surface area contributed by atoms with E-state index in [0.29, 0.717) is 47.2 Å². The number of ether oxygens (including phenoxy) is 2. The Labute approximate surface area is 253 Å². The summed E-state index contributed by atoms with van der Waals surface area (Å²) in [4.78, 5) is 44.3. The Balaban J connectivity index is 1.08. The van der Waals surface area contributed by atoms with Gasteiger partial charge in [0.05, 0.1) is 17.0 Å². The molecular formula is C30H35N9O5. The van der Waals surface area contributed by atoms with Gasteiger partial charge in [0.1, 0.15) is 29.1 Å². The number of hydrogen-bond acceptors (Lipinski definition) is 12. The Morgan fingerprint density at radius 2 is 1.70 bits per heavy atom. The fourth-order valence-corrected chi connectivity index (χ4v) is 5.70. The number of nitrogens with two attached hydrogens (primary N) is 1. The minimum atomic E-state index is -0.634. The van der Waals surface area contributed by atoms with E-state index in [-0.39, 0.29) is 17.9 Å². The summed E-state index contributed by atoms with van der Waals surface area (Å²) in [6.07, 6.45) is 10.2. The molecule has 1 aliphatic heterocycles. The summed E-state index contributed by atoms with van der Waals surface area (Å²) >= 11 is 0. The number of esters is 1. The molecule has 0 spiro atoms. The molecule has 1 saturated heterocycles. The molecule has 14 heteroatoms. The maximum Gasteiger partial charge on any atom is 0.410 e. The largest absolute Gasteiger partial charge is 0.457 e. The molecule has 230 valence electrons. The highest BCUT2D eigenvalue weighted by atomic mass is 16.6. The summed E-state index contributed by atoms with van der Waals surface area (Å²) in [6, 6.07) is 0.285. The van der Waals surface area contributed by atoms with Crippen molar-refractivity contribution in [1.29, 1.82) is 0 Å². The lowest BCUT2D eigenvalue weighted by molar-refractivity contribution is -0.158. The van der Waals surface area contributed by atoms with Crippen molar-refractivity contribution in [3.63, 3.8) is 0 Å². The van der Waals surface area contributed by atoms with Crippen LogP contribution in [0.15, 0.2) is 23.2 Å². The summed E-state index contributed by atoms with van der Waals surface area (Å²) in [5.41, 5.74) is 9.23. The van der Waals surface area contributed by atoms with Gasteiger partial charge in [-0.25, -0.2) is 34.2 Å². The third-order valence-electron chi connectivity index (χ3n) is 8.16.